The molecule has 0 amide bonds. The van der Waals surface area contributed by atoms with Gasteiger partial charge in [0.1, 0.15) is 5.82 Å². The largest absolute Gasteiger partial charge is 0.384 e. The summed E-state index contributed by atoms with van der Waals surface area (Å²) in [6.07, 6.45) is 1.22. The van der Waals surface area contributed by atoms with Crippen LogP contribution in [0, 0.1) is 12.8 Å². The molecule has 2 N–H and O–H groups in total. The summed E-state index contributed by atoms with van der Waals surface area (Å²) in [5.41, 5.74) is 8.18. The summed E-state index contributed by atoms with van der Waals surface area (Å²) in [7, 11) is 4.02. The summed E-state index contributed by atoms with van der Waals surface area (Å²) < 4.78 is 1.75. The quantitative estimate of drug-likeness (QED) is 0.829. The van der Waals surface area contributed by atoms with Gasteiger partial charge in [0, 0.05) is 19.2 Å². The Balaban J connectivity index is 2.59. The first-order chi connectivity index (χ1) is 7.41. The Kier molecular flexibility index (Phi) is 4.35. The van der Waals surface area contributed by atoms with Gasteiger partial charge in [0.25, 0.3) is 0 Å². The molecule has 0 spiro atoms. The van der Waals surface area contributed by atoms with E-state index in [4.69, 9.17) is 5.73 Å². The van der Waals surface area contributed by atoms with Gasteiger partial charge < -0.3 is 10.6 Å². The number of rotatable bonds is 5. The van der Waals surface area contributed by atoms with Crippen molar-refractivity contribution in [2.45, 2.75) is 33.7 Å². The van der Waals surface area contributed by atoms with E-state index in [9.17, 15) is 0 Å². The van der Waals surface area contributed by atoms with Crippen LogP contribution in [0.3, 0.4) is 0 Å². The fourth-order valence-electron chi connectivity index (χ4n) is 1.74. The number of nitrogens with zero attached hydrogens (tertiary/aromatic N) is 3. The van der Waals surface area contributed by atoms with Crippen LogP contribution in [0.5, 0.6) is 0 Å². The second-order valence-electron chi connectivity index (χ2n) is 4.99. The Bertz CT molecular complexity index is 341. The third kappa shape index (κ3) is 3.23. The molecule has 0 aliphatic heterocycles. The van der Waals surface area contributed by atoms with Crippen LogP contribution in [-0.2, 0) is 13.6 Å². The van der Waals surface area contributed by atoms with Gasteiger partial charge in [-0.2, -0.15) is 5.10 Å². The summed E-state index contributed by atoms with van der Waals surface area (Å²) >= 11 is 0. The number of hydrogen-bond donors (Lipinski definition) is 1. The highest BCUT2D eigenvalue weighted by Crippen LogP contribution is 2.17. The number of aryl methyl sites for hydroxylation is 2. The second kappa shape index (κ2) is 5.34. The minimum absolute atomic E-state index is 0.745. The second-order valence-corrected chi connectivity index (χ2v) is 4.99. The number of aromatic nitrogens is 2. The lowest BCUT2D eigenvalue weighted by molar-refractivity contribution is 0.303. The van der Waals surface area contributed by atoms with Crippen LogP contribution in [0.4, 0.5) is 5.82 Å². The first kappa shape index (κ1) is 13.0. The fraction of sp³-hybridized carbons (Fsp3) is 0.750. The molecule has 0 atom stereocenters. The Morgan fingerprint density at radius 3 is 2.50 bits per heavy atom. The van der Waals surface area contributed by atoms with E-state index < -0.39 is 0 Å². The zero-order chi connectivity index (χ0) is 12.3. The summed E-state index contributed by atoms with van der Waals surface area (Å²) in [5, 5.41) is 4.32. The van der Waals surface area contributed by atoms with Crippen LogP contribution in [0.2, 0.25) is 0 Å². The third-order valence-corrected chi connectivity index (χ3v) is 2.91. The molecule has 1 aromatic heterocycles. The van der Waals surface area contributed by atoms with Gasteiger partial charge >= 0.3 is 0 Å². The topological polar surface area (TPSA) is 47.1 Å². The van der Waals surface area contributed by atoms with Crippen molar-refractivity contribution in [2.75, 3.05) is 19.3 Å². The molecule has 0 aromatic carbocycles. The lowest BCUT2D eigenvalue weighted by Gasteiger charge is -2.17. The molecule has 0 fully saturated rings. The van der Waals surface area contributed by atoms with Gasteiger partial charge in [-0.05, 0) is 32.9 Å². The van der Waals surface area contributed by atoms with Crippen LogP contribution >= 0.6 is 0 Å². The van der Waals surface area contributed by atoms with Gasteiger partial charge in [-0.15, -0.1) is 0 Å². The summed E-state index contributed by atoms with van der Waals surface area (Å²) in [5.74, 6) is 1.53. The molecule has 16 heavy (non-hydrogen) atoms. The minimum Gasteiger partial charge on any atom is -0.384 e. The van der Waals surface area contributed by atoms with Gasteiger partial charge in [0.15, 0.2) is 0 Å². The SMILES string of the molecule is Cc1nn(C)c(N)c1CN(C)CCC(C)C. The molecular weight excluding hydrogens is 200 g/mol. The molecule has 0 unspecified atom stereocenters. The van der Waals surface area contributed by atoms with E-state index in [1.54, 1.807) is 4.68 Å². The molecule has 0 aliphatic rings. The maximum absolute atomic E-state index is 5.98. The summed E-state index contributed by atoms with van der Waals surface area (Å²) in [4.78, 5) is 2.31. The molecule has 1 rings (SSSR count). The van der Waals surface area contributed by atoms with E-state index in [0.29, 0.717) is 0 Å². The number of nitrogen functional groups attached to an aromatic ring is 1. The molecule has 4 nitrogen and oxygen atoms in total. The van der Waals surface area contributed by atoms with Crippen LogP contribution in [0.1, 0.15) is 31.5 Å². The van der Waals surface area contributed by atoms with E-state index >= 15 is 0 Å². The standard InChI is InChI=1S/C12H24N4/c1-9(2)6-7-15(4)8-11-10(3)14-16(5)12(11)13/h9H,6-8,13H2,1-5H3. The molecule has 0 saturated heterocycles. The first-order valence-electron chi connectivity index (χ1n) is 5.88. The Labute approximate surface area is 98.4 Å². The van der Waals surface area contributed by atoms with Gasteiger partial charge in [-0.1, -0.05) is 13.8 Å². The molecule has 0 saturated carbocycles. The number of anilines is 1. The van der Waals surface area contributed by atoms with Crippen LogP contribution in [0.25, 0.3) is 0 Å². The highest BCUT2D eigenvalue weighted by atomic mass is 15.3. The lowest BCUT2D eigenvalue weighted by Crippen LogP contribution is -2.21. The fourth-order valence-corrected chi connectivity index (χ4v) is 1.74. The van der Waals surface area contributed by atoms with Crippen molar-refractivity contribution in [1.29, 1.82) is 0 Å². The molecule has 0 bridgehead atoms. The molecule has 4 heteroatoms. The number of nitrogens with two attached hydrogens (primary N) is 1. The molecule has 1 heterocycles. The molecule has 0 aliphatic carbocycles. The molecule has 0 radical (unpaired) electrons. The molecular formula is C12H24N4. The predicted octanol–water partition coefficient (Wildman–Crippen LogP) is 1.79. The minimum atomic E-state index is 0.745. The summed E-state index contributed by atoms with van der Waals surface area (Å²) in [6, 6.07) is 0. The van der Waals surface area contributed by atoms with Crippen molar-refractivity contribution in [1.82, 2.24) is 14.7 Å². The molecule has 92 valence electrons. The van der Waals surface area contributed by atoms with Crippen molar-refractivity contribution in [3.05, 3.63) is 11.3 Å². The smallest absolute Gasteiger partial charge is 0.126 e. The number of hydrogen-bond acceptors (Lipinski definition) is 3. The van der Waals surface area contributed by atoms with E-state index in [-0.39, 0.29) is 0 Å². The lowest BCUT2D eigenvalue weighted by atomic mass is 10.1. The van der Waals surface area contributed by atoms with Crippen molar-refractivity contribution in [3.63, 3.8) is 0 Å². The van der Waals surface area contributed by atoms with Crippen LogP contribution in [-0.4, -0.2) is 28.3 Å². The monoisotopic (exact) mass is 224 g/mol. The Morgan fingerprint density at radius 2 is 2.06 bits per heavy atom. The van der Waals surface area contributed by atoms with E-state index in [2.05, 4.69) is 30.9 Å². The van der Waals surface area contributed by atoms with Gasteiger partial charge in [-0.3, -0.25) is 4.68 Å². The Morgan fingerprint density at radius 1 is 1.44 bits per heavy atom. The normalized spacial score (nSPS) is 11.7. The van der Waals surface area contributed by atoms with Crippen LogP contribution in [0.15, 0.2) is 0 Å². The van der Waals surface area contributed by atoms with Crippen molar-refractivity contribution in [3.8, 4) is 0 Å². The zero-order valence-electron chi connectivity index (χ0n) is 11.1. The average Bonchev–Trinajstić information content (AvgIpc) is 2.42. The first-order valence-corrected chi connectivity index (χ1v) is 5.88. The summed E-state index contributed by atoms with van der Waals surface area (Å²) in [6.45, 7) is 8.50. The van der Waals surface area contributed by atoms with Crippen molar-refractivity contribution in [2.24, 2.45) is 13.0 Å². The van der Waals surface area contributed by atoms with Gasteiger partial charge in [0.2, 0.25) is 0 Å². The maximum Gasteiger partial charge on any atom is 0.126 e. The Hall–Kier alpha value is -1.03. The highest BCUT2D eigenvalue weighted by Gasteiger charge is 2.12. The van der Waals surface area contributed by atoms with Gasteiger partial charge in [-0.25, -0.2) is 0 Å². The van der Waals surface area contributed by atoms with E-state index in [1.165, 1.54) is 6.42 Å². The van der Waals surface area contributed by atoms with Crippen molar-refractivity contribution < 1.29 is 0 Å². The maximum atomic E-state index is 5.98. The molecule has 1 aromatic rings. The predicted molar refractivity (Wildman–Crippen MR) is 68.1 cm³/mol. The van der Waals surface area contributed by atoms with E-state index in [0.717, 1.165) is 36.1 Å². The van der Waals surface area contributed by atoms with E-state index in [1.807, 2.05) is 14.0 Å². The average molecular weight is 224 g/mol. The highest BCUT2D eigenvalue weighted by molar-refractivity contribution is 5.42. The zero-order valence-corrected chi connectivity index (χ0v) is 11.1. The van der Waals surface area contributed by atoms with Gasteiger partial charge in [0.05, 0.1) is 5.69 Å². The van der Waals surface area contributed by atoms with Crippen LogP contribution < -0.4 is 5.73 Å². The third-order valence-electron chi connectivity index (χ3n) is 2.91. The van der Waals surface area contributed by atoms with Crippen molar-refractivity contribution >= 4 is 5.82 Å².